The van der Waals surface area contributed by atoms with Gasteiger partial charge < -0.3 is 15.1 Å². The summed E-state index contributed by atoms with van der Waals surface area (Å²) in [6, 6.07) is 7.12. The molecule has 126 valence electrons. The number of likely N-dealkylation sites (N-methyl/N-ethyl adjacent to an activating group) is 1. The van der Waals surface area contributed by atoms with Gasteiger partial charge in [0.1, 0.15) is 0 Å². The Balaban J connectivity index is 1.86. The van der Waals surface area contributed by atoms with E-state index in [2.05, 4.69) is 24.1 Å². The van der Waals surface area contributed by atoms with Crippen LogP contribution in [0.1, 0.15) is 20.3 Å². The first kappa shape index (κ1) is 17.8. The van der Waals surface area contributed by atoms with Gasteiger partial charge in [-0.25, -0.2) is 0 Å². The van der Waals surface area contributed by atoms with Crippen LogP contribution in [0.25, 0.3) is 0 Å². The zero-order valence-electron chi connectivity index (χ0n) is 13.7. The van der Waals surface area contributed by atoms with Gasteiger partial charge in [0.05, 0.1) is 5.92 Å². The van der Waals surface area contributed by atoms with E-state index in [0.717, 1.165) is 25.3 Å². The fourth-order valence-corrected chi connectivity index (χ4v) is 2.90. The molecule has 1 aromatic carbocycles. The molecule has 5 nitrogen and oxygen atoms in total. The Bertz CT molecular complexity index is 543. The minimum absolute atomic E-state index is 0.0174. The van der Waals surface area contributed by atoms with E-state index in [4.69, 9.17) is 11.6 Å². The number of nitrogens with zero attached hydrogens (tertiary/aromatic N) is 2. The quantitative estimate of drug-likeness (QED) is 0.829. The number of carbonyl (C=O) groups is 2. The maximum atomic E-state index is 12.3. The summed E-state index contributed by atoms with van der Waals surface area (Å²) in [5.41, 5.74) is 0.790. The fourth-order valence-electron chi connectivity index (χ4n) is 2.78. The number of carbonyl (C=O) groups excluding carboxylic acids is 2. The Labute approximate surface area is 142 Å². The molecule has 1 atom stereocenters. The van der Waals surface area contributed by atoms with Gasteiger partial charge in [0.25, 0.3) is 0 Å². The highest BCUT2D eigenvalue weighted by atomic mass is 35.5. The Morgan fingerprint density at radius 2 is 1.96 bits per heavy atom. The molecule has 0 aromatic heterocycles. The topological polar surface area (TPSA) is 52.7 Å². The van der Waals surface area contributed by atoms with Crippen LogP contribution >= 0.6 is 11.6 Å². The number of nitrogens with one attached hydrogen (secondary N) is 1. The molecule has 1 unspecified atom stereocenters. The third-order valence-electron chi connectivity index (χ3n) is 4.26. The molecule has 1 fully saturated rings. The molecular formula is C17H24ClN3O2. The molecule has 1 N–H and O–H groups in total. The smallest absolute Gasteiger partial charge is 0.227 e. The maximum Gasteiger partial charge on any atom is 0.227 e. The molecule has 0 radical (unpaired) electrons. The predicted molar refractivity (Wildman–Crippen MR) is 92.7 cm³/mol. The molecule has 2 amide bonds. The number of hydrogen-bond acceptors (Lipinski definition) is 3. The van der Waals surface area contributed by atoms with Crippen LogP contribution in [0.5, 0.6) is 0 Å². The van der Waals surface area contributed by atoms with E-state index in [0.29, 0.717) is 18.1 Å². The van der Waals surface area contributed by atoms with Gasteiger partial charge in [-0.3, -0.25) is 9.59 Å². The summed E-state index contributed by atoms with van der Waals surface area (Å²) >= 11 is 5.87. The molecule has 0 spiro atoms. The van der Waals surface area contributed by atoms with E-state index in [1.54, 1.807) is 29.2 Å². The summed E-state index contributed by atoms with van der Waals surface area (Å²) in [4.78, 5) is 28.3. The zero-order valence-corrected chi connectivity index (χ0v) is 14.5. The molecule has 1 aromatic rings. The van der Waals surface area contributed by atoms with Gasteiger partial charge in [-0.2, -0.15) is 0 Å². The number of amides is 2. The van der Waals surface area contributed by atoms with E-state index >= 15 is 0 Å². The first-order valence-electron chi connectivity index (χ1n) is 8.11. The van der Waals surface area contributed by atoms with E-state index in [1.165, 1.54) is 0 Å². The van der Waals surface area contributed by atoms with Crippen LogP contribution in [0.3, 0.4) is 0 Å². The molecule has 2 rings (SSSR count). The Hall–Kier alpha value is -1.59. The van der Waals surface area contributed by atoms with Crippen molar-refractivity contribution in [3.05, 3.63) is 29.3 Å². The molecular weight excluding hydrogens is 314 g/mol. The summed E-state index contributed by atoms with van der Waals surface area (Å²) in [6.07, 6.45) is 0.264. The number of benzene rings is 1. The summed E-state index contributed by atoms with van der Waals surface area (Å²) in [7, 11) is 0. The van der Waals surface area contributed by atoms with Crippen molar-refractivity contribution in [3.63, 3.8) is 0 Å². The molecule has 1 heterocycles. The number of rotatable bonds is 7. The normalized spacial score (nSPS) is 17.8. The van der Waals surface area contributed by atoms with Gasteiger partial charge in [-0.05, 0) is 37.4 Å². The Morgan fingerprint density at radius 3 is 2.57 bits per heavy atom. The number of halogens is 1. The number of anilines is 1. The van der Waals surface area contributed by atoms with Gasteiger partial charge in [0.15, 0.2) is 0 Å². The van der Waals surface area contributed by atoms with Crippen molar-refractivity contribution in [2.75, 3.05) is 37.6 Å². The lowest BCUT2D eigenvalue weighted by atomic mass is 10.1. The minimum Gasteiger partial charge on any atom is -0.355 e. The Kier molecular flexibility index (Phi) is 6.42. The van der Waals surface area contributed by atoms with Gasteiger partial charge in [0, 0.05) is 36.8 Å². The second-order valence-electron chi connectivity index (χ2n) is 5.70. The van der Waals surface area contributed by atoms with Gasteiger partial charge >= 0.3 is 0 Å². The van der Waals surface area contributed by atoms with Crippen LogP contribution in [-0.4, -0.2) is 49.4 Å². The van der Waals surface area contributed by atoms with Crippen LogP contribution in [0.4, 0.5) is 5.69 Å². The fraction of sp³-hybridized carbons (Fsp3) is 0.529. The van der Waals surface area contributed by atoms with E-state index in [1.807, 2.05) is 0 Å². The van der Waals surface area contributed by atoms with Crippen LogP contribution in [0.15, 0.2) is 24.3 Å². The van der Waals surface area contributed by atoms with Gasteiger partial charge in [-0.15, -0.1) is 0 Å². The largest absolute Gasteiger partial charge is 0.355 e. The average Bonchev–Trinajstić information content (AvgIpc) is 2.94. The van der Waals surface area contributed by atoms with Crippen molar-refractivity contribution >= 4 is 29.1 Å². The number of hydrogen-bond donors (Lipinski definition) is 1. The van der Waals surface area contributed by atoms with Crippen molar-refractivity contribution in [2.45, 2.75) is 20.3 Å². The second-order valence-corrected chi connectivity index (χ2v) is 6.14. The van der Waals surface area contributed by atoms with E-state index in [-0.39, 0.29) is 24.2 Å². The zero-order chi connectivity index (χ0) is 16.8. The lowest BCUT2D eigenvalue weighted by molar-refractivity contribution is -0.126. The molecule has 0 aliphatic carbocycles. The Morgan fingerprint density at radius 1 is 1.30 bits per heavy atom. The highest BCUT2D eigenvalue weighted by molar-refractivity contribution is 6.30. The molecule has 1 aliphatic rings. The first-order chi connectivity index (χ1) is 11.0. The van der Waals surface area contributed by atoms with Crippen molar-refractivity contribution in [3.8, 4) is 0 Å². The molecule has 0 bridgehead atoms. The SMILES string of the molecule is CCN(CC)CCNC(=O)C1CC(=O)N(c2ccc(Cl)cc2)C1. The van der Waals surface area contributed by atoms with Crippen LogP contribution in [0, 0.1) is 5.92 Å². The van der Waals surface area contributed by atoms with Gasteiger partial charge in [-0.1, -0.05) is 25.4 Å². The lowest BCUT2D eigenvalue weighted by Gasteiger charge is -2.19. The molecule has 1 aliphatic heterocycles. The third kappa shape index (κ3) is 4.69. The monoisotopic (exact) mass is 337 g/mol. The summed E-state index contributed by atoms with van der Waals surface area (Å²) in [5.74, 6) is -0.340. The maximum absolute atomic E-state index is 12.3. The van der Waals surface area contributed by atoms with Crippen LogP contribution in [-0.2, 0) is 9.59 Å². The minimum atomic E-state index is -0.283. The first-order valence-corrected chi connectivity index (χ1v) is 8.49. The standard InChI is InChI=1S/C17H24ClN3O2/c1-3-20(4-2)10-9-19-17(23)13-11-16(22)21(12-13)15-7-5-14(18)6-8-15/h5-8,13H,3-4,9-12H2,1-2H3,(H,19,23). The highest BCUT2D eigenvalue weighted by Gasteiger charge is 2.34. The summed E-state index contributed by atoms with van der Waals surface area (Å²) < 4.78 is 0. The average molecular weight is 338 g/mol. The van der Waals surface area contributed by atoms with E-state index < -0.39 is 0 Å². The van der Waals surface area contributed by atoms with Gasteiger partial charge in [0.2, 0.25) is 11.8 Å². The summed E-state index contributed by atoms with van der Waals surface area (Å²) in [6.45, 7) is 8.02. The van der Waals surface area contributed by atoms with Crippen molar-refractivity contribution in [2.24, 2.45) is 5.92 Å². The third-order valence-corrected chi connectivity index (χ3v) is 4.51. The van der Waals surface area contributed by atoms with Crippen LogP contribution in [0.2, 0.25) is 5.02 Å². The van der Waals surface area contributed by atoms with Crippen molar-refractivity contribution in [1.82, 2.24) is 10.2 Å². The molecule has 0 saturated carbocycles. The molecule has 1 saturated heterocycles. The molecule has 6 heteroatoms. The van der Waals surface area contributed by atoms with Crippen molar-refractivity contribution < 1.29 is 9.59 Å². The summed E-state index contributed by atoms with van der Waals surface area (Å²) in [5, 5.41) is 3.58. The predicted octanol–water partition coefficient (Wildman–Crippen LogP) is 2.15. The van der Waals surface area contributed by atoms with E-state index in [9.17, 15) is 9.59 Å². The lowest BCUT2D eigenvalue weighted by Crippen LogP contribution is -2.38. The highest BCUT2D eigenvalue weighted by Crippen LogP contribution is 2.26. The van der Waals surface area contributed by atoms with Crippen LogP contribution < -0.4 is 10.2 Å². The second kappa shape index (κ2) is 8.31. The van der Waals surface area contributed by atoms with Crippen molar-refractivity contribution in [1.29, 1.82) is 0 Å². The molecule has 23 heavy (non-hydrogen) atoms.